The van der Waals surface area contributed by atoms with E-state index in [0.717, 1.165) is 17.5 Å². The van der Waals surface area contributed by atoms with Gasteiger partial charge < -0.3 is 5.32 Å². The molecule has 1 heterocycles. The standard InChI is InChI=1S/C15H23FN2/c1-11(2)12-4-3-5-14(7-6-12)18-15-8-13(16)9-17-10-15/h8-12,14,18H,3-7H2,1-2H3. The molecule has 1 N–H and O–H groups in total. The second kappa shape index (κ2) is 6.17. The third-order valence-corrected chi connectivity index (χ3v) is 4.03. The molecule has 0 aromatic carbocycles. The van der Waals surface area contributed by atoms with Crippen molar-refractivity contribution in [1.82, 2.24) is 4.98 Å². The number of rotatable bonds is 3. The normalized spacial score (nSPS) is 24.9. The molecule has 2 atom stereocenters. The summed E-state index contributed by atoms with van der Waals surface area (Å²) in [5.41, 5.74) is 0.808. The van der Waals surface area contributed by atoms with E-state index in [0.29, 0.717) is 6.04 Å². The van der Waals surface area contributed by atoms with Crippen LogP contribution in [0.25, 0.3) is 0 Å². The Balaban J connectivity index is 1.91. The van der Waals surface area contributed by atoms with Gasteiger partial charge in [-0.25, -0.2) is 4.39 Å². The Bertz CT molecular complexity index is 379. The molecule has 1 aliphatic carbocycles. The maximum Gasteiger partial charge on any atom is 0.143 e. The lowest BCUT2D eigenvalue weighted by molar-refractivity contribution is 0.341. The fourth-order valence-corrected chi connectivity index (χ4v) is 2.87. The van der Waals surface area contributed by atoms with Crippen LogP contribution in [-0.4, -0.2) is 11.0 Å². The van der Waals surface area contributed by atoms with E-state index in [2.05, 4.69) is 24.1 Å². The molecule has 100 valence electrons. The summed E-state index contributed by atoms with van der Waals surface area (Å²) < 4.78 is 13.1. The van der Waals surface area contributed by atoms with Crippen LogP contribution in [-0.2, 0) is 0 Å². The smallest absolute Gasteiger partial charge is 0.143 e. The average molecular weight is 250 g/mol. The van der Waals surface area contributed by atoms with Crippen molar-refractivity contribution in [3.05, 3.63) is 24.3 Å². The lowest BCUT2D eigenvalue weighted by atomic mass is 9.89. The SMILES string of the molecule is CC(C)C1CCCC(Nc2cncc(F)c2)CC1. The summed E-state index contributed by atoms with van der Waals surface area (Å²) >= 11 is 0. The largest absolute Gasteiger partial charge is 0.381 e. The molecule has 2 nitrogen and oxygen atoms in total. The third-order valence-electron chi connectivity index (χ3n) is 4.03. The predicted molar refractivity (Wildman–Crippen MR) is 73.0 cm³/mol. The molecule has 0 radical (unpaired) electrons. The molecule has 18 heavy (non-hydrogen) atoms. The zero-order valence-corrected chi connectivity index (χ0v) is 11.3. The summed E-state index contributed by atoms with van der Waals surface area (Å²) in [6.07, 6.45) is 9.18. The van der Waals surface area contributed by atoms with E-state index in [4.69, 9.17) is 0 Å². The predicted octanol–water partition coefficient (Wildman–Crippen LogP) is 4.24. The first-order valence-corrected chi connectivity index (χ1v) is 7.02. The van der Waals surface area contributed by atoms with E-state index < -0.39 is 0 Å². The lowest BCUT2D eigenvalue weighted by Gasteiger charge is -2.19. The molecule has 1 aromatic heterocycles. The van der Waals surface area contributed by atoms with Crippen LogP contribution in [0.5, 0.6) is 0 Å². The first-order valence-electron chi connectivity index (χ1n) is 7.02. The second-order valence-corrected chi connectivity index (χ2v) is 5.75. The van der Waals surface area contributed by atoms with E-state index in [1.54, 1.807) is 6.20 Å². The van der Waals surface area contributed by atoms with Gasteiger partial charge in [0.2, 0.25) is 0 Å². The highest BCUT2D eigenvalue weighted by atomic mass is 19.1. The molecule has 0 bridgehead atoms. The number of nitrogens with one attached hydrogen (secondary N) is 1. The maximum atomic E-state index is 13.1. The van der Waals surface area contributed by atoms with Crippen LogP contribution in [0.2, 0.25) is 0 Å². The summed E-state index contributed by atoms with van der Waals surface area (Å²) in [5.74, 6) is 1.36. The molecule has 2 unspecified atom stereocenters. The van der Waals surface area contributed by atoms with Crippen molar-refractivity contribution < 1.29 is 4.39 Å². The summed E-state index contributed by atoms with van der Waals surface area (Å²) in [6.45, 7) is 4.63. The number of hydrogen-bond donors (Lipinski definition) is 1. The number of hydrogen-bond acceptors (Lipinski definition) is 2. The topological polar surface area (TPSA) is 24.9 Å². The highest BCUT2D eigenvalue weighted by Crippen LogP contribution is 2.30. The number of nitrogens with zero attached hydrogens (tertiary/aromatic N) is 1. The molecule has 1 aliphatic rings. The zero-order valence-electron chi connectivity index (χ0n) is 11.3. The van der Waals surface area contributed by atoms with E-state index in [1.165, 1.54) is 44.4 Å². The van der Waals surface area contributed by atoms with Gasteiger partial charge in [-0.2, -0.15) is 0 Å². The monoisotopic (exact) mass is 250 g/mol. The minimum absolute atomic E-state index is 0.270. The van der Waals surface area contributed by atoms with Crippen LogP contribution in [0.15, 0.2) is 18.5 Å². The van der Waals surface area contributed by atoms with Crippen molar-refractivity contribution in [2.24, 2.45) is 11.8 Å². The summed E-state index contributed by atoms with van der Waals surface area (Å²) in [7, 11) is 0. The average Bonchev–Trinajstić information content (AvgIpc) is 2.55. The molecule has 3 heteroatoms. The van der Waals surface area contributed by atoms with Crippen molar-refractivity contribution >= 4 is 5.69 Å². The fraction of sp³-hybridized carbons (Fsp3) is 0.667. The van der Waals surface area contributed by atoms with Crippen molar-refractivity contribution in [3.8, 4) is 0 Å². The first-order chi connectivity index (χ1) is 8.65. The number of aromatic nitrogens is 1. The minimum atomic E-state index is -0.270. The van der Waals surface area contributed by atoms with Crippen LogP contribution in [0.3, 0.4) is 0 Å². The highest BCUT2D eigenvalue weighted by Gasteiger charge is 2.20. The van der Waals surface area contributed by atoms with Crippen LogP contribution in [0, 0.1) is 17.7 Å². The van der Waals surface area contributed by atoms with Gasteiger partial charge in [0.1, 0.15) is 5.82 Å². The molecule has 0 aliphatic heterocycles. The van der Waals surface area contributed by atoms with Gasteiger partial charge in [0.25, 0.3) is 0 Å². The Labute approximate surface area is 109 Å². The molecule has 0 saturated heterocycles. The Morgan fingerprint density at radius 3 is 2.78 bits per heavy atom. The zero-order chi connectivity index (χ0) is 13.0. The Morgan fingerprint density at radius 1 is 1.22 bits per heavy atom. The van der Waals surface area contributed by atoms with Gasteiger partial charge in [0.05, 0.1) is 18.1 Å². The van der Waals surface area contributed by atoms with E-state index >= 15 is 0 Å². The second-order valence-electron chi connectivity index (χ2n) is 5.75. The molecule has 0 spiro atoms. The Morgan fingerprint density at radius 2 is 2.06 bits per heavy atom. The van der Waals surface area contributed by atoms with Crippen molar-refractivity contribution in [2.75, 3.05) is 5.32 Å². The van der Waals surface area contributed by atoms with Crippen LogP contribution in [0.4, 0.5) is 10.1 Å². The highest BCUT2D eigenvalue weighted by molar-refractivity contribution is 5.41. The number of pyridine rings is 1. The molecule has 2 rings (SSSR count). The number of halogens is 1. The van der Waals surface area contributed by atoms with Gasteiger partial charge >= 0.3 is 0 Å². The number of anilines is 1. The summed E-state index contributed by atoms with van der Waals surface area (Å²) in [4.78, 5) is 3.88. The molecule has 0 amide bonds. The van der Waals surface area contributed by atoms with Crippen molar-refractivity contribution in [3.63, 3.8) is 0 Å². The van der Waals surface area contributed by atoms with E-state index in [9.17, 15) is 4.39 Å². The van der Waals surface area contributed by atoms with Crippen LogP contribution < -0.4 is 5.32 Å². The lowest BCUT2D eigenvalue weighted by Crippen LogP contribution is -2.19. The molecule has 1 aromatic rings. The molecular weight excluding hydrogens is 227 g/mol. The van der Waals surface area contributed by atoms with Gasteiger partial charge in [-0.05, 0) is 31.1 Å². The van der Waals surface area contributed by atoms with E-state index in [-0.39, 0.29) is 5.82 Å². The Kier molecular flexibility index (Phi) is 4.56. The maximum absolute atomic E-state index is 13.1. The van der Waals surface area contributed by atoms with Crippen molar-refractivity contribution in [2.45, 2.75) is 52.0 Å². The summed E-state index contributed by atoms with van der Waals surface area (Å²) in [5, 5.41) is 3.42. The van der Waals surface area contributed by atoms with Crippen LogP contribution in [0.1, 0.15) is 46.0 Å². The van der Waals surface area contributed by atoms with E-state index in [1.807, 2.05) is 0 Å². The van der Waals surface area contributed by atoms with Crippen LogP contribution >= 0.6 is 0 Å². The quantitative estimate of drug-likeness (QED) is 0.812. The molecule has 1 saturated carbocycles. The van der Waals surface area contributed by atoms with Gasteiger partial charge in [-0.15, -0.1) is 0 Å². The summed E-state index contributed by atoms with van der Waals surface area (Å²) in [6, 6.07) is 2.00. The molecule has 1 fully saturated rings. The fourth-order valence-electron chi connectivity index (χ4n) is 2.87. The minimum Gasteiger partial charge on any atom is -0.381 e. The van der Waals surface area contributed by atoms with Gasteiger partial charge in [0.15, 0.2) is 0 Å². The third kappa shape index (κ3) is 3.69. The van der Waals surface area contributed by atoms with Gasteiger partial charge in [-0.1, -0.05) is 26.7 Å². The molecular formula is C15H23FN2. The first kappa shape index (κ1) is 13.3. The Hall–Kier alpha value is -1.12. The van der Waals surface area contributed by atoms with Gasteiger partial charge in [-0.3, -0.25) is 4.98 Å². The van der Waals surface area contributed by atoms with Gasteiger partial charge in [0, 0.05) is 12.1 Å². The van der Waals surface area contributed by atoms with Crippen molar-refractivity contribution in [1.29, 1.82) is 0 Å².